The molecule has 1 aliphatic carbocycles. The van der Waals surface area contributed by atoms with Crippen molar-refractivity contribution in [2.75, 3.05) is 20.2 Å². The van der Waals surface area contributed by atoms with E-state index < -0.39 is 0 Å². The van der Waals surface area contributed by atoms with E-state index in [1.807, 2.05) is 6.07 Å². The molecule has 0 unspecified atom stereocenters. The summed E-state index contributed by atoms with van der Waals surface area (Å²) < 4.78 is 13.3. The molecule has 0 atom stereocenters. The number of hydrogen-bond donors (Lipinski definition) is 1. The van der Waals surface area contributed by atoms with Gasteiger partial charge in [-0.15, -0.1) is 0 Å². The van der Waals surface area contributed by atoms with Gasteiger partial charge >= 0.3 is 0 Å². The fourth-order valence-corrected chi connectivity index (χ4v) is 2.49. The highest BCUT2D eigenvalue weighted by atomic mass is 19.1. The van der Waals surface area contributed by atoms with Gasteiger partial charge < -0.3 is 10.0 Å². The van der Waals surface area contributed by atoms with Gasteiger partial charge in [0.25, 0.3) is 0 Å². The summed E-state index contributed by atoms with van der Waals surface area (Å²) in [4.78, 5) is 2.29. The maximum Gasteiger partial charge on any atom is 0.124 e. The molecule has 1 N–H and O–H groups in total. The molecule has 20 heavy (non-hydrogen) atoms. The molecular formula is C17H22FNO. The molecule has 0 aliphatic heterocycles. The number of hydrogen-bond acceptors (Lipinski definition) is 2. The first-order valence-corrected chi connectivity index (χ1v) is 7.25. The van der Waals surface area contributed by atoms with Gasteiger partial charge in [0.1, 0.15) is 5.82 Å². The smallest absolute Gasteiger partial charge is 0.124 e. The second-order valence-corrected chi connectivity index (χ2v) is 5.57. The first-order chi connectivity index (χ1) is 9.69. The van der Waals surface area contributed by atoms with Crippen LogP contribution in [0.2, 0.25) is 0 Å². The summed E-state index contributed by atoms with van der Waals surface area (Å²) in [5, 5.41) is 8.76. The SMILES string of the molecule is CN(Cc1ccc(F)cc1C#CCCO)CC1CCC1. The van der Waals surface area contributed by atoms with Crippen molar-refractivity contribution >= 4 is 0 Å². The summed E-state index contributed by atoms with van der Waals surface area (Å²) in [6.45, 7) is 1.93. The average molecular weight is 275 g/mol. The molecule has 1 aromatic rings. The summed E-state index contributed by atoms with van der Waals surface area (Å²) in [5.41, 5.74) is 1.79. The van der Waals surface area contributed by atoms with Crippen molar-refractivity contribution < 1.29 is 9.50 Å². The minimum Gasteiger partial charge on any atom is -0.395 e. The van der Waals surface area contributed by atoms with Crippen molar-refractivity contribution in [1.82, 2.24) is 4.90 Å². The maximum atomic E-state index is 13.3. The first kappa shape index (κ1) is 15.0. The number of halogens is 1. The number of aliphatic hydroxyl groups is 1. The lowest BCUT2D eigenvalue weighted by molar-refractivity contribution is 0.200. The number of benzene rings is 1. The Kier molecular flexibility index (Phi) is 5.58. The summed E-state index contributed by atoms with van der Waals surface area (Å²) in [6, 6.07) is 4.79. The van der Waals surface area contributed by atoms with Crippen LogP contribution in [-0.4, -0.2) is 30.2 Å². The average Bonchev–Trinajstić information content (AvgIpc) is 2.37. The second kappa shape index (κ2) is 7.42. The third-order valence-electron chi connectivity index (χ3n) is 3.77. The maximum absolute atomic E-state index is 13.3. The Bertz CT molecular complexity index is 499. The van der Waals surface area contributed by atoms with Crippen molar-refractivity contribution in [3.63, 3.8) is 0 Å². The fraction of sp³-hybridized carbons (Fsp3) is 0.529. The minimum absolute atomic E-state index is 0.0409. The molecule has 2 nitrogen and oxygen atoms in total. The quantitative estimate of drug-likeness (QED) is 0.835. The van der Waals surface area contributed by atoms with E-state index in [-0.39, 0.29) is 12.4 Å². The molecule has 0 spiro atoms. The Morgan fingerprint density at radius 1 is 1.40 bits per heavy atom. The summed E-state index contributed by atoms with van der Waals surface area (Å²) in [7, 11) is 2.10. The molecule has 1 aliphatic rings. The molecule has 0 saturated heterocycles. The minimum atomic E-state index is -0.260. The molecule has 108 valence electrons. The fourth-order valence-electron chi connectivity index (χ4n) is 2.49. The van der Waals surface area contributed by atoms with Crippen LogP contribution in [-0.2, 0) is 6.54 Å². The van der Waals surface area contributed by atoms with E-state index in [0.29, 0.717) is 6.42 Å². The number of nitrogens with zero attached hydrogens (tertiary/aromatic N) is 1. The highest BCUT2D eigenvalue weighted by molar-refractivity contribution is 5.41. The van der Waals surface area contributed by atoms with E-state index in [4.69, 9.17) is 5.11 Å². The van der Waals surface area contributed by atoms with Crippen LogP contribution in [0.3, 0.4) is 0 Å². The van der Waals surface area contributed by atoms with Crippen molar-refractivity contribution in [1.29, 1.82) is 0 Å². The van der Waals surface area contributed by atoms with E-state index in [1.165, 1.54) is 31.4 Å². The van der Waals surface area contributed by atoms with Gasteiger partial charge in [-0.25, -0.2) is 4.39 Å². The third-order valence-corrected chi connectivity index (χ3v) is 3.77. The Hall–Kier alpha value is -1.37. The summed E-state index contributed by atoms with van der Waals surface area (Å²) >= 11 is 0. The molecule has 3 heteroatoms. The van der Waals surface area contributed by atoms with E-state index in [9.17, 15) is 4.39 Å². The van der Waals surface area contributed by atoms with Crippen LogP contribution >= 0.6 is 0 Å². The predicted molar refractivity (Wildman–Crippen MR) is 78.7 cm³/mol. The van der Waals surface area contributed by atoms with Crippen molar-refractivity contribution in [3.8, 4) is 11.8 Å². The normalized spacial score (nSPS) is 14.8. The molecular weight excluding hydrogens is 253 g/mol. The van der Waals surface area contributed by atoms with Crippen molar-refractivity contribution in [2.24, 2.45) is 5.92 Å². The van der Waals surface area contributed by atoms with Crippen molar-refractivity contribution in [3.05, 3.63) is 35.1 Å². The lowest BCUT2D eigenvalue weighted by Gasteiger charge is -2.30. The van der Waals surface area contributed by atoms with E-state index >= 15 is 0 Å². The van der Waals surface area contributed by atoms with Crippen molar-refractivity contribution in [2.45, 2.75) is 32.2 Å². The highest BCUT2D eigenvalue weighted by Crippen LogP contribution is 2.27. The molecule has 0 amide bonds. The predicted octanol–water partition coefficient (Wildman–Crippen LogP) is 2.79. The molecule has 0 aromatic heterocycles. The van der Waals surface area contributed by atoms with Gasteiger partial charge in [0.05, 0.1) is 6.61 Å². The van der Waals surface area contributed by atoms with Crippen LogP contribution in [0.4, 0.5) is 4.39 Å². The number of rotatable bonds is 5. The largest absolute Gasteiger partial charge is 0.395 e. The van der Waals surface area contributed by atoms with E-state index in [1.54, 1.807) is 0 Å². The Morgan fingerprint density at radius 3 is 2.85 bits per heavy atom. The topological polar surface area (TPSA) is 23.5 Å². The number of aliphatic hydroxyl groups excluding tert-OH is 1. The molecule has 2 rings (SSSR count). The van der Waals surface area contributed by atoms with Crippen LogP contribution in [0.15, 0.2) is 18.2 Å². The van der Waals surface area contributed by atoms with Gasteiger partial charge in [0, 0.05) is 25.1 Å². The zero-order valence-electron chi connectivity index (χ0n) is 12.0. The standard InChI is InChI=1S/C17H22FNO/c1-19(12-14-5-4-6-14)13-16-8-9-17(18)11-15(16)7-2-3-10-20/h8-9,11,14,20H,3-6,10,12-13H2,1H3. The van der Waals surface area contributed by atoms with Crippen LogP contribution in [0.1, 0.15) is 36.8 Å². The molecule has 1 fully saturated rings. The van der Waals surface area contributed by atoms with E-state index in [0.717, 1.165) is 30.1 Å². The van der Waals surface area contributed by atoms with Gasteiger partial charge in [0.2, 0.25) is 0 Å². The summed E-state index contributed by atoms with van der Waals surface area (Å²) in [5.74, 6) is 6.40. The molecule has 0 heterocycles. The molecule has 0 radical (unpaired) electrons. The summed E-state index contributed by atoms with van der Waals surface area (Å²) in [6.07, 6.45) is 4.44. The highest BCUT2D eigenvalue weighted by Gasteiger charge is 2.19. The Labute approximate surface area is 120 Å². The van der Waals surface area contributed by atoms with Crippen LogP contribution in [0.25, 0.3) is 0 Å². The lowest BCUT2D eigenvalue weighted by atomic mass is 9.85. The Balaban J connectivity index is 2.03. The Morgan fingerprint density at radius 2 is 2.20 bits per heavy atom. The molecule has 1 saturated carbocycles. The van der Waals surface area contributed by atoms with E-state index in [2.05, 4.69) is 23.8 Å². The monoisotopic (exact) mass is 275 g/mol. The van der Waals surface area contributed by atoms with Gasteiger partial charge in [-0.3, -0.25) is 0 Å². The van der Waals surface area contributed by atoms with Gasteiger partial charge in [-0.1, -0.05) is 24.3 Å². The first-order valence-electron chi connectivity index (χ1n) is 7.25. The van der Waals surface area contributed by atoms with Crippen LogP contribution in [0, 0.1) is 23.6 Å². The molecule has 1 aromatic carbocycles. The molecule has 0 bridgehead atoms. The van der Waals surface area contributed by atoms with Crippen LogP contribution < -0.4 is 0 Å². The van der Waals surface area contributed by atoms with Gasteiger partial charge in [-0.05, 0) is 43.5 Å². The third kappa shape index (κ3) is 4.33. The lowest BCUT2D eigenvalue weighted by Crippen LogP contribution is -2.29. The zero-order chi connectivity index (χ0) is 14.4. The van der Waals surface area contributed by atoms with Gasteiger partial charge in [0.15, 0.2) is 0 Å². The zero-order valence-corrected chi connectivity index (χ0v) is 12.0. The second-order valence-electron chi connectivity index (χ2n) is 5.57. The van der Waals surface area contributed by atoms with Gasteiger partial charge in [-0.2, -0.15) is 0 Å². The van der Waals surface area contributed by atoms with Crippen LogP contribution in [0.5, 0.6) is 0 Å².